The number of nitrogens with two attached hydrogens (primary N) is 1. The van der Waals surface area contributed by atoms with Crippen LogP contribution in [0.1, 0.15) is 5.56 Å². The van der Waals surface area contributed by atoms with E-state index in [0.29, 0.717) is 27.6 Å². The highest BCUT2D eigenvalue weighted by atomic mass is 19.4. The average molecular weight is 434 g/mol. The molecule has 0 bridgehead atoms. The van der Waals surface area contributed by atoms with Gasteiger partial charge in [0.2, 0.25) is 0 Å². The third-order valence-corrected chi connectivity index (χ3v) is 5.54. The van der Waals surface area contributed by atoms with Crippen molar-refractivity contribution in [3.63, 3.8) is 0 Å². The van der Waals surface area contributed by atoms with Crippen molar-refractivity contribution < 1.29 is 13.2 Å². The molecule has 3 aromatic carbocycles. The fraction of sp³-hybridized carbons (Fsp3) is 0.0833. The molecule has 0 saturated heterocycles. The van der Waals surface area contributed by atoms with Crippen LogP contribution in [0, 0.1) is 0 Å². The molecule has 160 valence electrons. The predicted molar refractivity (Wildman–Crippen MR) is 119 cm³/mol. The van der Waals surface area contributed by atoms with Gasteiger partial charge in [0.15, 0.2) is 0 Å². The number of nitrogen functional groups attached to an aromatic ring is 1. The minimum Gasteiger partial charge on any atom is -0.399 e. The van der Waals surface area contributed by atoms with Crippen molar-refractivity contribution in [2.24, 2.45) is 7.05 Å². The molecule has 2 aromatic heterocycles. The lowest BCUT2D eigenvalue weighted by molar-refractivity contribution is -0.137. The average Bonchev–Trinajstić information content (AvgIpc) is 3.03. The lowest BCUT2D eigenvalue weighted by Gasteiger charge is -2.11. The number of halogens is 3. The van der Waals surface area contributed by atoms with E-state index in [-0.39, 0.29) is 5.69 Å². The smallest absolute Gasteiger partial charge is 0.399 e. The largest absolute Gasteiger partial charge is 0.416 e. The minimum atomic E-state index is -4.52. The number of rotatable bonds is 2. The Hall–Kier alpha value is -4.07. The Kier molecular flexibility index (Phi) is 4.33. The summed E-state index contributed by atoms with van der Waals surface area (Å²) in [6, 6.07) is 17.7. The van der Waals surface area contributed by atoms with Crippen molar-refractivity contribution in [1.82, 2.24) is 14.1 Å². The summed E-state index contributed by atoms with van der Waals surface area (Å²) >= 11 is 0. The lowest BCUT2D eigenvalue weighted by Crippen LogP contribution is -2.21. The molecule has 5 nitrogen and oxygen atoms in total. The van der Waals surface area contributed by atoms with Gasteiger partial charge in [-0.25, -0.2) is 4.79 Å². The molecule has 0 aliphatic carbocycles. The van der Waals surface area contributed by atoms with E-state index in [1.165, 1.54) is 21.3 Å². The van der Waals surface area contributed by atoms with Gasteiger partial charge in [0, 0.05) is 18.1 Å². The molecule has 0 radical (unpaired) electrons. The molecule has 0 spiro atoms. The van der Waals surface area contributed by atoms with E-state index >= 15 is 0 Å². The molecular weight excluding hydrogens is 417 g/mol. The second-order valence-corrected chi connectivity index (χ2v) is 7.57. The third kappa shape index (κ3) is 3.11. The van der Waals surface area contributed by atoms with Crippen LogP contribution in [0.5, 0.6) is 0 Å². The van der Waals surface area contributed by atoms with Gasteiger partial charge in [-0.15, -0.1) is 0 Å². The number of anilines is 1. The highest BCUT2D eigenvalue weighted by Crippen LogP contribution is 2.33. The number of alkyl halides is 3. The first kappa shape index (κ1) is 19.9. The summed E-state index contributed by atoms with van der Waals surface area (Å²) in [6.45, 7) is 0. The van der Waals surface area contributed by atoms with Crippen LogP contribution in [0.15, 0.2) is 77.7 Å². The Morgan fingerprint density at radius 3 is 2.44 bits per heavy atom. The molecule has 2 heterocycles. The van der Waals surface area contributed by atoms with E-state index in [4.69, 9.17) is 5.73 Å². The van der Waals surface area contributed by atoms with Crippen LogP contribution < -0.4 is 11.4 Å². The first-order valence-corrected chi connectivity index (χ1v) is 9.78. The molecule has 0 unspecified atom stereocenters. The zero-order valence-electron chi connectivity index (χ0n) is 16.9. The fourth-order valence-corrected chi connectivity index (χ4v) is 3.96. The van der Waals surface area contributed by atoms with Crippen LogP contribution >= 0.6 is 0 Å². The van der Waals surface area contributed by atoms with Gasteiger partial charge in [-0.3, -0.25) is 14.1 Å². The summed E-state index contributed by atoms with van der Waals surface area (Å²) < 4.78 is 42.6. The monoisotopic (exact) mass is 434 g/mol. The van der Waals surface area contributed by atoms with Crippen molar-refractivity contribution in [2.75, 3.05) is 5.73 Å². The molecule has 0 fully saturated rings. The van der Waals surface area contributed by atoms with E-state index < -0.39 is 17.4 Å². The number of nitrogens with zero attached hydrogens (tertiary/aromatic N) is 3. The molecule has 0 saturated carbocycles. The van der Waals surface area contributed by atoms with Crippen LogP contribution in [0.2, 0.25) is 0 Å². The summed E-state index contributed by atoms with van der Waals surface area (Å²) in [7, 11) is 1.57. The highest BCUT2D eigenvalue weighted by Gasteiger charge is 2.31. The van der Waals surface area contributed by atoms with Gasteiger partial charge in [-0.05, 0) is 53.6 Å². The fourth-order valence-electron chi connectivity index (χ4n) is 3.96. The van der Waals surface area contributed by atoms with Gasteiger partial charge in [0.05, 0.1) is 34.0 Å². The van der Waals surface area contributed by atoms with Crippen LogP contribution in [-0.4, -0.2) is 14.1 Å². The first-order chi connectivity index (χ1) is 15.2. The van der Waals surface area contributed by atoms with Crippen molar-refractivity contribution in [1.29, 1.82) is 0 Å². The molecule has 8 heteroatoms. The molecule has 0 aliphatic heterocycles. The maximum Gasteiger partial charge on any atom is 0.416 e. The quantitative estimate of drug-likeness (QED) is 0.391. The SMILES string of the molecule is Cn1c(=O)n(-c2cccc(C(F)(F)F)c2)c2c3cc(-c4cccc(N)c4)ccc3ncc21. The van der Waals surface area contributed by atoms with E-state index in [9.17, 15) is 18.0 Å². The molecule has 2 N–H and O–H groups in total. The number of aryl methyl sites for hydroxylation is 1. The molecule has 5 rings (SSSR count). The Balaban J connectivity index is 1.85. The topological polar surface area (TPSA) is 65.8 Å². The number of pyridine rings is 1. The molecular formula is C24H17F3N4O. The summed E-state index contributed by atoms with van der Waals surface area (Å²) in [6.07, 6.45) is -2.96. The maximum absolute atomic E-state index is 13.3. The van der Waals surface area contributed by atoms with Crippen LogP contribution in [-0.2, 0) is 13.2 Å². The standard InChI is InChI=1S/C24H17F3N4O/c1-30-21-13-29-20-9-8-15(14-4-2-6-17(28)10-14)11-19(20)22(21)31(23(30)32)18-7-3-5-16(12-18)24(25,26)27/h2-13H,28H2,1H3. The van der Waals surface area contributed by atoms with Crippen molar-refractivity contribution in [2.45, 2.75) is 6.18 Å². The highest BCUT2D eigenvalue weighted by molar-refractivity contribution is 6.04. The van der Waals surface area contributed by atoms with Crippen molar-refractivity contribution >= 4 is 27.6 Å². The minimum absolute atomic E-state index is 0.136. The van der Waals surface area contributed by atoms with Gasteiger partial charge in [0.25, 0.3) is 0 Å². The van der Waals surface area contributed by atoms with Gasteiger partial charge in [-0.1, -0.05) is 24.3 Å². The Labute approximate surface area is 180 Å². The number of benzene rings is 3. The first-order valence-electron chi connectivity index (χ1n) is 9.78. The second-order valence-electron chi connectivity index (χ2n) is 7.57. The number of hydrogen-bond acceptors (Lipinski definition) is 3. The normalized spacial score (nSPS) is 12.0. The van der Waals surface area contributed by atoms with Gasteiger partial charge in [-0.2, -0.15) is 13.2 Å². The summed E-state index contributed by atoms with van der Waals surface area (Å²) in [4.78, 5) is 17.5. The van der Waals surface area contributed by atoms with Gasteiger partial charge >= 0.3 is 11.9 Å². The molecule has 5 aromatic rings. The Morgan fingerprint density at radius 1 is 0.938 bits per heavy atom. The zero-order chi connectivity index (χ0) is 22.6. The number of imidazole rings is 1. The number of aromatic nitrogens is 3. The van der Waals surface area contributed by atoms with E-state index in [1.807, 2.05) is 36.4 Å². The molecule has 0 atom stereocenters. The number of fused-ring (bicyclic) bond motifs is 3. The second kappa shape index (κ2) is 6.98. The lowest BCUT2D eigenvalue weighted by atomic mass is 10.0. The van der Waals surface area contributed by atoms with Gasteiger partial charge < -0.3 is 5.73 Å². The molecule has 32 heavy (non-hydrogen) atoms. The summed E-state index contributed by atoms with van der Waals surface area (Å²) in [5, 5.41) is 0.650. The van der Waals surface area contributed by atoms with Gasteiger partial charge in [0.1, 0.15) is 0 Å². The van der Waals surface area contributed by atoms with E-state index in [2.05, 4.69) is 4.98 Å². The van der Waals surface area contributed by atoms with E-state index in [1.54, 1.807) is 19.3 Å². The van der Waals surface area contributed by atoms with Crippen molar-refractivity contribution in [3.05, 3.63) is 89.0 Å². The van der Waals surface area contributed by atoms with Crippen LogP contribution in [0.25, 0.3) is 38.8 Å². The molecule has 0 amide bonds. The maximum atomic E-state index is 13.3. The summed E-state index contributed by atoms with van der Waals surface area (Å²) in [5.41, 5.74) is 8.76. The number of hydrogen-bond donors (Lipinski definition) is 1. The predicted octanol–water partition coefficient (Wildman–Crippen LogP) is 5.15. The van der Waals surface area contributed by atoms with Crippen LogP contribution in [0.4, 0.5) is 18.9 Å². The Morgan fingerprint density at radius 2 is 1.69 bits per heavy atom. The van der Waals surface area contributed by atoms with Crippen LogP contribution in [0.3, 0.4) is 0 Å². The third-order valence-electron chi connectivity index (χ3n) is 5.54. The van der Waals surface area contributed by atoms with Crippen molar-refractivity contribution in [3.8, 4) is 16.8 Å². The molecule has 0 aliphatic rings. The Bertz CT molecular complexity index is 1560. The zero-order valence-corrected chi connectivity index (χ0v) is 16.9. The summed E-state index contributed by atoms with van der Waals surface area (Å²) in [5.74, 6) is 0. The van der Waals surface area contributed by atoms with E-state index in [0.717, 1.165) is 23.3 Å².